The number of benzene rings is 1. The Balaban J connectivity index is 1.84. The zero-order valence-corrected chi connectivity index (χ0v) is 13.4. The first-order chi connectivity index (χ1) is 10.2. The molecule has 2 heterocycles. The van der Waals surface area contributed by atoms with Crippen LogP contribution in [0.15, 0.2) is 24.3 Å². The largest absolute Gasteiger partial charge is 0.497 e. The summed E-state index contributed by atoms with van der Waals surface area (Å²) in [4.78, 5) is 7.00. The monoisotopic (exact) mass is 304 g/mol. The van der Waals surface area contributed by atoms with Gasteiger partial charge in [-0.25, -0.2) is 4.98 Å². The topological polar surface area (TPSA) is 25.4 Å². The van der Waals surface area contributed by atoms with Crippen LogP contribution in [0.25, 0.3) is 10.9 Å². The quantitative estimate of drug-likeness (QED) is 0.794. The zero-order valence-electron chi connectivity index (χ0n) is 12.6. The molecule has 21 heavy (non-hydrogen) atoms. The van der Waals surface area contributed by atoms with Crippen LogP contribution in [-0.2, 0) is 6.54 Å². The third-order valence-corrected chi connectivity index (χ3v) is 4.72. The molecule has 0 aliphatic carbocycles. The van der Waals surface area contributed by atoms with Crippen LogP contribution in [0.5, 0.6) is 5.75 Å². The van der Waals surface area contributed by atoms with E-state index in [0.717, 1.165) is 41.2 Å². The number of aromatic nitrogens is 1. The van der Waals surface area contributed by atoms with Gasteiger partial charge >= 0.3 is 0 Å². The second-order valence-electron chi connectivity index (χ2n) is 5.79. The van der Waals surface area contributed by atoms with Crippen molar-refractivity contribution in [3.05, 3.63) is 35.0 Å². The number of hydrogen-bond acceptors (Lipinski definition) is 3. The molecule has 1 fully saturated rings. The number of halogens is 1. The summed E-state index contributed by atoms with van der Waals surface area (Å²) in [6, 6.07) is 8.09. The van der Waals surface area contributed by atoms with Gasteiger partial charge in [0.2, 0.25) is 0 Å². The minimum Gasteiger partial charge on any atom is -0.497 e. The molecule has 0 N–H and O–H groups in total. The van der Waals surface area contributed by atoms with Crippen LogP contribution in [0.3, 0.4) is 0 Å². The first kappa shape index (κ1) is 14.6. The summed E-state index contributed by atoms with van der Waals surface area (Å²) in [7, 11) is 1.66. The van der Waals surface area contributed by atoms with Gasteiger partial charge in [0, 0.05) is 30.1 Å². The molecule has 3 nitrogen and oxygen atoms in total. The summed E-state index contributed by atoms with van der Waals surface area (Å²) in [6.07, 6.45) is 2.56. The molecule has 4 heteroatoms. The van der Waals surface area contributed by atoms with Gasteiger partial charge in [0.1, 0.15) is 10.9 Å². The Bertz CT molecular complexity index is 644. The van der Waals surface area contributed by atoms with Crippen molar-refractivity contribution in [1.29, 1.82) is 0 Å². The van der Waals surface area contributed by atoms with Crippen molar-refractivity contribution in [2.24, 2.45) is 5.92 Å². The molecule has 1 saturated heterocycles. The highest BCUT2D eigenvalue weighted by Gasteiger charge is 2.21. The van der Waals surface area contributed by atoms with E-state index in [-0.39, 0.29) is 0 Å². The Morgan fingerprint density at radius 2 is 2.24 bits per heavy atom. The zero-order chi connectivity index (χ0) is 14.8. The summed E-state index contributed by atoms with van der Waals surface area (Å²) in [5.41, 5.74) is 2.00. The fourth-order valence-electron chi connectivity index (χ4n) is 3.04. The molecule has 0 amide bonds. The molecule has 1 aliphatic heterocycles. The molecular formula is C17H21ClN2O. The predicted molar refractivity (Wildman–Crippen MR) is 87.0 cm³/mol. The van der Waals surface area contributed by atoms with E-state index < -0.39 is 0 Å². The van der Waals surface area contributed by atoms with Crippen LogP contribution in [0.1, 0.15) is 25.3 Å². The lowest BCUT2D eigenvalue weighted by atomic mass is 10.1. The minimum absolute atomic E-state index is 0.607. The number of pyridine rings is 1. The third kappa shape index (κ3) is 3.14. The Morgan fingerprint density at radius 1 is 1.38 bits per heavy atom. The molecule has 0 saturated carbocycles. The third-order valence-electron chi connectivity index (χ3n) is 4.39. The van der Waals surface area contributed by atoms with Crippen molar-refractivity contribution in [1.82, 2.24) is 9.88 Å². The summed E-state index contributed by atoms with van der Waals surface area (Å²) >= 11 is 6.37. The maximum absolute atomic E-state index is 6.37. The smallest absolute Gasteiger partial charge is 0.134 e. The minimum atomic E-state index is 0.607. The Hall–Kier alpha value is -1.32. The normalized spacial score (nSPS) is 19.3. The second-order valence-corrected chi connectivity index (χ2v) is 6.15. The Labute approximate surface area is 130 Å². The summed E-state index contributed by atoms with van der Waals surface area (Å²) in [5.74, 6) is 1.64. The van der Waals surface area contributed by atoms with Crippen molar-refractivity contribution in [3.8, 4) is 5.75 Å². The molecule has 2 aromatic rings. The fourth-order valence-corrected chi connectivity index (χ4v) is 3.24. The molecule has 3 rings (SSSR count). The second kappa shape index (κ2) is 6.20. The van der Waals surface area contributed by atoms with E-state index >= 15 is 0 Å². The van der Waals surface area contributed by atoms with Crippen molar-refractivity contribution in [3.63, 3.8) is 0 Å². The molecule has 1 unspecified atom stereocenters. The molecule has 1 aliphatic rings. The van der Waals surface area contributed by atoms with E-state index in [1.54, 1.807) is 7.11 Å². The number of fused-ring (bicyclic) bond motifs is 1. The van der Waals surface area contributed by atoms with Crippen LogP contribution in [-0.4, -0.2) is 30.1 Å². The number of methoxy groups -OCH3 is 1. The lowest BCUT2D eigenvalue weighted by Gasteiger charge is -2.17. The van der Waals surface area contributed by atoms with Crippen molar-refractivity contribution in [2.45, 2.75) is 26.3 Å². The molecule has 1 aromatic carbocycles. The SMILES string of the molecule is CCC1CCN(Cc2cc3ccc(OC)cc3nc2Cl)C1. The summed E-state index contributed by atoms with van der Waals surface area (Å²) in [5, 5.41) is 1.72. The average molecular weight is 305 g/mol. The first-order valence-electron chi connectivity index (χ1n) is 7.55. The van der Waals surface area contributed by atoms with Crippen molar-refractivity contribution < 1.29 is 4.74 Å². The van der Waals surface area contributed by atoms with E-state index in [1.165, 1.54) is 19.4 Å². The highest BCUT2D eigenvalue weighted by Crippen LogP contribution is 2.27. The molecule has 0 spiro atoms. The van der Waals surface area contributed by atoms with Crippen molar-refractivity contribution >= 4 is 22.5 Å². The first-order valence-corrected chi connectivity index (χ1v) is 7.93. The molecule has 0 bridgehead atoms. The maximum atomic E-state index is 6.37. The van der Waals surface area contributed by atoms with Gasteiger partial charge in [-0.2, -0.15) is 0 Å². The van der Waals surface area contributed by atoms with Gasteiger partial charge in [-0.3, -0.25) is 4.90 Å². The lowest BCUT2D eigenvalue weighted by molar-refractivity contribution is 0.315. The molecular weight excluding hydrogens is 284 g/mol. The van der Waals surface area contributed by atoms with E-state index in [1.807, 2.05) is 18.2 Å². The standard InChI is InChI=1S/C17H21ClN2O/c1-3-12-6-7-20(10-12)11-14-8-13-4-5-15(21-2)9-16(13)19-17(14)18/h4-5,8-9,12H,3,6-7,10-11H2,1-2H3. The van der Waals surface area contributed by atoms with Crippen LogP contribution in [0, 0.1) is 5.92 Å². The van der Waals surface area contributed by atoms with Gasteiger partial charge < -0.3 is 4.74 Å². The van der Waals surface area contributed by atoms with E-state index in [9.17, 15) is 0 Å². The predicted octanol–water partition coefficient (Wildman–Crippen LogP) is 4.13. The van der Waals surface area contributed by atoms with Gasteiger partial charge in [0.05, 0.1) is 12.6 Å². The highest BCUT2D eigenvalue weighted by atomic mass is 35.5. The number of likely N-dealkylation sites (tertiary alicyclic amines) is 1. The highest BCUT2D eigenvalue weighted by molar-refractivity contribution is 6.30. The van der Waals surface area contributed by atoms with E-state index in [4.69, 9.17) is 16.3 Å². The van der Waals surface area contributed by atoms with Gasteiger partial charge in [0.25, 0.3) is 0 Å². The van der Waals surface area contributed by atoms with E-state index in [2.05, 4.69) is 22.9 Å². The number of hydrogen-bond donors (Lipinski definition) is 0. The summed E-state index contributed by atoms with van der Waals surface area (Å²) < 4.78 is 5.23. The van der Waals surface area contributed by atoms with Crippen molar-refractivity contribution in [2.75, 3.05) is 20.2 Å². The molecule has 112 valence electrons. The Kier molecular flexibility index (Phi) is 4.32. The van der Waals surface area contributed by atoms with Crippen LogP contribution in [0.4, 0.5) is 0 Å². The molecule has 1 atom stereocenters. The van der Waals surface area contributed by atoms with Crippen LogP contribution < -0.4 is 4.74 Å². The molecule has 1 aromatic heterocycles. The van der Waals surface area contributed by atoms with Crippen LogP contribution in [0.2, 0.25) is 5.15 Å². The number of rotatable bonds is 4. The lowest BCUT2D eigenvalue weighted by Crippen LogP contribution is -2.20. The molecule has 0 radical (unpaired) electrons. The van der Waals surface area contributed by atoms with E-state index in [0.29, 0.717) is 5.15 Å². The van der Waals surface area contributed by atoms with Gasteiger partial charge in [-0.15, -0.1) is 0 Å². The number of ether oxygens (including phenoxy) is 1. The maximum Gasteiger partial charge on any atom is 0.134 e. The van der Waals surface area contributed by atoms with Gasteiger partial charge in [0.15, 0.2) is 0 Å². The Morgan fingerprint density at radius 3 is 2.95 bits per heavy atom. The van der Waals surface area contributed by atoms with Gasteiger partial charge in [-0.1, -0.05) is 24.9 Å². The van der Waals surface area contributed by atoms with Gasteiger partial charge in [-0.05, 0) is 37.1 Å². The summed E-state index contributed by atoms with van der Waals surface area (Å²) in [6.45, 7) is 5.50. The number of nitrogens with zero attached hydrogens (tertiary/aromatic N) is 2. The average Bonchev–Trinajstić information content (AvgIpc) is 2.95. The fraction of sp³-hybridized carbons (Fsp3) is 0.471. The van der Waals surface area contributed by atoms with Crippen LogP contribution >= 0.6 is 11.6 Å².